The number of ether oxygens (including phenoxy) is 2. The van der Waals surface area contributed by atoms with Crippen LogP contribution in [0.2, 0.25) is 0 Å². The summed E-state index contributed by atoms with van der Waals surface area (Å²) in [5.74, 6) is 0.802. The Hall–Kier alpha value is -3.54. The van der Waals surface area contributed by atoms with Gasteiger partial charge in [0.15, 0.2) is 0 Å². The number of hydrogen-bond donors (Lipinski definition) is 2. The quantitative estimate of drug-likeness (QED) is 0.332. The summed E-state index contributed by atoms with van der Waals surface area (Å²) >= 11 is 1.35. The molecule has 1 aromatic carbocycles. The van der Waals surface area contributed by atoms with Gasteiger partial charge in [0.25, 0.3) is 0 Å². The zero-order valence-corrected chi connectivity index (χ0v) is 22.7. The maximum absolute atomic E-state index is 14.2. The van der Waals surface area contributed by atoms with Gasteiger partial charge in [-0.1, -0.05) is 0 Å². The van der Waals surface area contributed by atoms with Crippen LogP contribution >= 0.6 is 11.3 Å². The molecular weight excluding hydrogens is 507 g/mol. The predicted molar refractivity (Wildman–Crippen MR) is 148 cm³/mol. The van der Waals surface area contributed by atoms with Crippen molar-refractivity contribution in [2.75, 3.05) is 50.6 Å². The number of thiophene rings is 1. The Morgan fingerprint density at radius 1 is 1.13 bits per heavy atom. The number of anilines is 3. The molecule has 0 bridgehead atoms. The zero-order chi connectivity index (χ0) is 26.8. The smallest absolute Gasteiger partial charge is 0.227 e. The van der Waals surface area contributed by atoms with Gasteiger partial charge >= 0.3 is 0 Å². The van der Waals surface area contributed by atoms with Crippen molar-refractivity contribution in [1.29, 1.82) is 0 Å². The van der Waals surface area contributed by atoms with Crippen LogP contribution in [0.15, 0.2) is 36.7 Å². The van der Waals surface area contributed by atoms with E-state index in [1.165, 1.54) is 24.5 Å². The highest BCUT2D eigenvalue weighted by molar-refractivity contribution is 7.19. The number of aromatic nitrogens is 3. The van der Waals surface area contributed by atoms with Crippen LogP contribution in [0.1, 0.15) is 18.7 Å². The van der Waals surface area contributed by atoms with Crippen molar-refractivity contribution in [3.8, 4) is 22.8 Å². The van der Waals surface area contributed by atoms with E-state index in [-0.39, 0.29) is 18.6 Å². The second-order valence-electron chi connectivity index (χ2n) is 9.44. The van der Waals surface area contributed by atoms with Crippen LogP contribution in [0, 0.1) is 5.82 Å². The normalized spacial score (nSPS) is 14.3. The molecule has 1 aliphatic heterocycles. The molecule has 2 N–H and O–H groups in total. The minimum absolute atomic E-state index is 0.0229. The summed E-state index contributed by atoms with van der Waals surface area (Å²) in [6.45, 7) is 7.68. The van der Waals surface area contributed by atoms with E-state index in [0.717, 1.165) is 48.5 Å². The molecule has 0 unspecified atom stereocenters. The Balaban J connectivity index is 1.53. The maximum atomic E-state index is 14.2. The number of likely N-dealkylation sites (N-methyl/N-ethyl adjacent to an activating group) is 1. The van der Waals surface area contributed by atoms with Gasteiger partial charge in [0.2, 0.25) is 11.8 Å². The zero-order valence-electron chi connectivity index (χ0n) is 21.9. The number of methoxy groups -OCH3 is 1. The van der Waals surface area contributed by atoms with Crippen LogP contribution in [0.3, 0.4) is 0 Å². The third-order valence-electron chi connectivity index (χ3n) is 6.37. The van der Waals surface area contributed by atoms with Gasteiger partial charge in [0.1, 0.15) is 11.6 Å². The number of rotatable bonds is 8. The molecule has 3 aromatic heterocycles. The lowest BCUT2D eigenvalue weighted by Crippen LogP contribution is -2.44. The number of nitrogens with one attached hydrogen (secondary N) is 1. The Labute approximate surface area is 224 Å². The van der Waals surface area contributed by atoms with Crippen molar-refractivity contribution in [1.82, 2.24) is 19.9 Å². The van der Waals surface area contributed by atoms with E-state index in [1.54, 1.807) is 6.20 Å². The van der Waals surface area contributed by atoms with Gasteiger partial charge in [-0.2, -0.15) is 0 Å². The number of benzene rings is 1. The van der Waals surface area contributed by atoms with Crippen LogP contribution in [0.4, 0.5) is 21.7 Å². The highest BCUT2D eigenvalue weighted by Gasteiger charge is 2.22. The number of aliphatic hydroxyl groups is 1. The van der Waals surface area contributed by atoms with Crippen molar-refractivity contribution in [3.05, 3.63) is 47.4 Å². The van der Waals surface area contributed by atoms with E-state index < -0.39 is 5.82 Å². The molecule has 0 aliphatic carbocycles. The molecular formula is C27H31FN6O3S. The highest BCUT2D eigenvalue weighted by atomic mass is 32.1. The fraction of sp³-hybridized carbons (Fsp3) is 0.370. The number of hydrogen-bond acceptors (Lipinski definition) is 10. The average molecular weight is 539 g/mol. The lowest BCUT2D eigenvalue weighted by atomic mass is 10.1. The van der Waals surface area contributed by atoms with Gasteiger partial charge in [0, 0.05) is 48.4 Å². The molecule has 11 heteroatoms. The summed E-state index contributed by atoms with van der Waals surface area (Å²) < 4.78 is 26.5. The summed E-state index contributed by atoms with van der Waals surface area (Å²) in [5, 5.41) is 13.4. The monoisotopic (exact) mass is 538 g/mol. The van der Waals surface area contributed by atoms with Crippen LogP contribution in [-0.4, -0.2) is 71.4 Å². The first kappa shape index (κ1) is 26.1. The third-order valence-corrected chi connectivity index (χ3v) is 7.47. The van der Waals surface area contributed by atoms with E-state index in [1.807, 2.05) is 19.9 Å². The summed E-state index contributed by atoms with van der Waals surface area (Å²) in [6.07, 6.45) is 2.77. The van der Waals surface area contributed by atoms with Crippen LogP contribution in [0.5, 0.6) is 11.6 Å². The van der Waals surface area contributed by atoms with E-state index in [0.29, 0.717) is 33.2 Å². The summed E-state index contributed by atoms with van der Waals surface area (Å²) in [4.78, 5) is 18.6. The summed E-state index contributed by atoms with van der Waals surface area (Å²) in [7, 11) is 3.61. The lowest BCUT2D eigenvalue weighted by Gasteiger charge is -2.34. The molecule has 4 heterocycles. The second kappa shape index (κ2) is 11.1. The van der Waals surface area contributed by atoms with Gasteiger partial charge in [0.05, 0.1) is 53.7 Å². The number of halogens is 1. The first-order valence-electron chi connectivity index (χ1n) is 12.5. The van der Waals surface area contributed by atoms with Gasteiger partial charge in [-0.15, -0.1) is 11.3 Å². The Bertz CT molecular complexity index is 1440. The molecule has 200 valence electrons. The van der Waals surface area contributed by atoms with Crippen molar-refractivity contribution in [2.24, 2.45) is 0 Å². The minimum Gasteiger partial charge on any atom is -0.489 e. The van der Waals surface area contributed by atoms with Gasteiger partial charge < -0.3 is 29.7 Å². The number of pyridine rings is 1. The van der Waals surface area contributed by atoms with Gasteiger partial charge in [-0.3, -0.25) is 0 Å². The first-order chi connectivity index (χ1) is 18.4. The van der Waals surface area contributed by atoms with Crippen molar-refractivity contribution in [3.63, 3.8) is 0 Å². The van der Waals surface area contributed by atoms with Crippen molar-refractivity contribution >= 4 is 38.9 Å². The number of fused-ring (bicyclic) bond motifs is 1. The van der Waals surface area contributed by atoms with Crippen molar-refractivity contribution < 1.29 is 19.0 Å². The van der Waals surface area contributed by atoms with Crippen molar-refractivity contribution in [2.45, 2.75) is 26.6 Å². The summed E-state index contributed by atoms with van der Waals surface area (Å²) in [5.41, 5.74) is 3.41. The predicted octanol–water partition coefficient (Wildman–Crippen LogP) is 4.68. The molecule has 0 atom stereocenters. The molecule has 1 fully saturated rings. The van der Waals surface area contributed by atoms with Gasteiger partial charge in [-0.25, -0.2) is 19.3 Å². The van der Waals surface area contributed by atoms with Gasteiger partial charge in [-0.05, 0) is 39.1 Å². The molecule has 0 spiro atoms. The Morgan fingerprint density at radius 2 is 1.92 bits per heavy atom. The molecule has 5 rings (SSSR count). The number of aliphatic hydroxyl groups excluding tert-OH is 1. The fourth-order valence-electron chi connectivity index (χ4n) is 4.51. The summed E-state index contributed by atoms with van der Waals surface area (Å²) in [6, 6.07) is 7.44. The minimum atomic E-state index is -0.507. The lowest BCUT2D eigenvalue weighted by molar-refractivity contribution is 0.243. The molecule has 38 heavy (non-hydrogen) atoms. The average Bonchev–Trinajstić information content (AvgIpc) is 3.27. The molecule has 4 aromatic rings. The molecule has 0 radical (unpaired) electrons. The number of nitrogens with zero attached hydrogens (tertiary/aromatic N) is 5. The highest BCUT2D eigenvalue weighted by Crippen LogP contribution is 2.42. The first-order valence-corrected chi connectivity index (χ1v) is 13.3. The molecule has 0 amide bonds. The third kappa shape index (κ3) is 5.35. The SMILES string of the molecule is COc1ncc(F)cc1-c1c(CO)sc2cnc(Nc3ccc(N4CCN(C)CC4)cc3OC(C)C)nc12. The van der Waals surface area contributed by atoms with Crippen LogP contribution in [-0.2, 0) is 6.61 Å². The maximum Gasteiger partial charge on any atom is 0.227 e. The number of piperazine rings is 1. The van der Waals surface area contributed by atoms with Crippen LogP contribution in [0.25, 0.3) is 21.3 Å². The van der Waals surface area contributed by atoms with E-state index in [9.17, 15) is 9.50 Å². The standard InChI is InChI=1S/C27H31FN6O3S/c1-16(2)37-21-12-18(34-9-7-33(3)8-10-34)5-6-20(21)31-27-30-14-22-25(32-27)24(23(15-35)38-22)19-11-17(28)13-29-26(19)36-4/h5-6,11-14,16,35H,7-10,15H2,1-4H3,(H,30,31,32). The molecule has 1 aliphatic rings. The van der Waals surface area contributed by atoms with E-state index in [2.05, 4.69) is 44.3 Å². The Morgan fingerprint density at radius 3 is 2.63 bits per heavy atom. The fourth-order valence-corrected chi connectivity index (χ4v) is 5.49. The molecule has 9 nitrogen and oxygen atoms in total. The molecule has 1 saturated heterocycles. The second-order valence-corrected chi connectivity index (χ2v) is 10.6. The van der Waals surface area contributed by atoms with E-state index >= 15 is 0 Å². The largest absolute Gasteiger partial charge is 0.489 e. The topological polar surface area (TPSA) is 95.9 Å². The molecule has 0 saturated carbocycles. The van der Waals surface area contributed by atoms with E-state index in [4.69, 9.17) is 14.5 Å². The Kier molecular flexibility index (Phi) is 7.59. The van der Waals surface area contributed by atoms with Crippen LogP contribution < -0.4 is 19.7 Å².